The van der Waals surface area contributed by atoms with Gasteiger partial charge in [-0.25, -0.2) is 4.98 Å². The number of ether oxygens (including phenoxy) is 2. The average Bonchev–Trinajstić information content (AvgIpc) is 2.86. The molecular formula is C28H39N5O2. The van der Waals surface area contributed by atoms with E-state index in [4.69, 9.17) is 19.4 Å². The summed E-state index contributed by atoms with van der Waals surface area (Å²) in [6, 6.07) is 14.7. The summed E-state index contributed by atoms with van der Waals surface area (Å²) in [4.78, 5) is 11.6. The van der Waals surface area contributed by atoms with Gasteiger partial charge in [0.15, 0.2) is 0 Å². The van der Waals surface area contributed by atoms with Crippen molar-refractivity contribution in [1.29, 1.82) is 0 Å². The second-order valence-corrected chi connectivity index (χ2v) is 9.41. The Bertz CT molecular complexity index is 1100. The molecule has 0 spiro atoms. The lowest BCUT2D eigenvalue weighted by atomic mass is 9.86. The van der Waals surface area contributed by atoms with Crippen molar-refractivity contribution in [2.24, 2.45) is 5.92 Å². The van der Waals surface area contributed by atoms with E-state index < -0.39 is 0 Å². The molecule has 7 heteroatoms. The molecule has 1 aromatic heterocycles. The predicted octanol–water partition coefficient (Wildman–Crippen LogP) is 5.25. The number of para-hydroxylation sites is 1. The molecule has 188 valence electrons. The Labute approximate surface area is 209 Å². The highest BCUT2D eigenvalue weighted by atomic mass is 16.5. The second-order valence-electron chi connectivity index (χ2n) is 9.41. The zero-order valence-electron chi connectivity index (χ0n) is 21.5. The molecule has 0 radical (unpaired) electrons. The van der Waals surface area contributed by atoms with Crippen LogP contribution in [0.3, 0.4) is 0 Å². The van der Waals surface area contributed by atoms with Crippen LogP contribution in [-0.2, 0) is 6.54 Å². The van der Waals surface area contributed by atoms with E-state index in [1.165, 1.54) is 12.8 Å². The molecular weight excluding hydrogens is 438 g/mol. The molecule has 2 N–H and O–H groups in total. The van der Waals surface area contributed by atoms with E-state index >= 15 is 0 Å². The first-order valence-corrected chi connectivity index (χ1v) is 12.9. The van der Waals surface area contributed by atoms with Gasteiger partial charge < -0.3 is 25.0 Å². The van der Waals surface area contributed by atoms with Crippen LogP contribution in [0, 0.1) is 5.92 Å². The predicted molar refractivity (Wildman–Crippen MR) is 144 cm³/mol. The standard InChI is InChI=1S/C28H39N5O2/c1-5-34-23-15-16-26(35-6-2)21(17-23)19-29-18-20-11-13-22(14-12-20)30-28-31-25-10-8-7-9-24(25)27(32-28)33(3)4/h7-10,15-17,20,22,29H,5-6,11-14,18-19H2,1-4H3,(H,30,31,32)/t20-,22+. The lowest BCUT2D eigenvalue weighted by molar-refractivity contribution is 0.316. The summed E-state index contributed by atoms with van der Waals surface area (Å²) in [5.41, 5.74) is 2.13. The highest BCUT2D eigenvalue weighted by Crippen LogP contribution is 2.29. The number of anilines is 2. The van der Waals surface area contributed by atoms with E-state index in [1.54, 1.807) is 0 Å². The number of hydrogen-bond acceptors (Lipinski definition) is 7. The largest absolute Gasteiger partial charge is 0.494 e. The SMILES string of the molecule is CCOc1ccc(OCC)c(CNC[C@H]2CC[C@@H](Nc3nc(N(C)C)c4ccccc4n3)CC2)c1. The van der Waals surface area contributed by atoms with Crippen molar-refractivity contribution >= 4 is 22.7 Å². The molecule has 0 saturated heterocycles. The van der Waals surface area contributed by atoms with Crippen LogP contribution >= 0.6 is 0 Å². The Kier molecular flexibility index (Phi) is 8.64. The Morgan fingerprint density at radius 3 is 2.46 bits per heavy atom. The van der Waals surface area contributed by atoms with Crippen molar-refractivity contribution in [1.82, 2.24) is 15.3 Å². The molecule has 0 aliphatic heterocycles. The molecule has 1 aliphatic carbocycles. The highest BCUT2D eigenvalue weighted by Gasteiger charge is 2.22. The van der Waals surface area contributed by atoms with E-state index in [2.05, 4.69) is 33.7 Å². The van der Waals surface area contributed by atoms with Crippen molar-refractivity contribution in [2.75, 3.05) is 44.1 Å². The topological polar surface area (TPSA) is 71.5 Å². The number of aromatic nitrogens is 2. The van der Waals surface area contributed by atoms with Gasteiger partial charge in [0.25, 0.3) is 0 Å². The van der Waals surface area contributed by atoms with Gasteiger partial charge in [0.05, 0.1) is 18.7 Å². The van der Waals surface area contributed by atoms with Gasteiger partial charge >= 0.3 is 0 Å². The molecule has 0 amide bonds. The summed E-state index contributed by atoms with van der Waals surface area (Å²) in [5.74, 6) is 4.19. The number of nitrogens with zero attached hydrogens (tertiary/aromatic N) is 3. The maximum absolute atomic E-state index is 5.81. The summed E-state index contributed by atoms with van der Waals surface area (Å²) in [7, 11) is 4.06. The maximum atomic E-state index is 5.81. The van der Waals surface area contributed by atoms with Crippen molar-refractivity contribution in [3.63, 3.8) is 0 Å². The first kappa shape index (κ1) is 25.0. The first-order chi connectivity index (χ1) is 17.1. The minimum Gasteiger partial charge on any atom is -0.494 e. The fourth-order valence-electron chi connectivity index (χ4n) is 4.82. The van der Waals surface area contributed by atoms with Crippen molar-refractivity contribution < 1.29 is 9.47 Å². The highest BCUT2D eigenvalue weighted by molar-refractivity contribution is 5.90. The van der Waals surface area contributed by atoms with Gasteiger partial charge in [-0.05, 0) is 82.3 Å². The molecule has 3 aromatic rings. The van der Waals surface area contributed by atoms with Crippen LogP contribution in [0.15, 0.2) is 42.5 Å². The van der Waals surface area contributed by atoms with Crippen molar-refractivity contribution in [2.45, 2.75) is 52.1 Å². The zero-order valence-corrected chi connectivity index (χ0v) is 21.5. The summed E-state index contributed by atoms with van der Waals surface area (Å²) in [5, 5.41) is 8.35. The third-order valence-electron chi connectivity index (χ3n) is 6.58. The van der Waals surface area contributed by atoms with Crippen LogP contribution < -0.4 is 25.0 Å². The van der Waals surface area contributed by atoms with Crippen LogP contribution in [0.2, 0.25) is 0 Å². The number of benzene rings is 2. The molecule has 35 heavy (non-hydrogen) atoms. The molecule has 4 rings (SSSR count). The Morgan fingerprint density at radius 2 is 1.71 bits per heavy atom. The van der Waals surface area contributed by atoms with Crippen LogP contribution in [-0.4, -0.2) is 49.9 Å². The van der Waals surface area contributed by atoms with Gasteiger partial charge in [0, 0.05) is 37.6 Å². The molecule has 1 aliphatic rings. The van der Waals surface area contributed by atoms with E-state index in [-0.39, 0.29) is 0 Å². The quantitative estimate of drug-likeness (QED) is 0.391. The van der Waals surface area contributed by atoms with Gasteiger partial charge in [-0.3, -0.25) is 0 Å². The van der Waals surface area contributed by atoms with Gasteiger partial charge in [-0.1, -0.05) is 12.1 Å². The summed E-state index contributed by atoms with van der Waals surface area (Å²) < 4.78 is 11.5. The number of nitrogens with one attached hydrogen (secondary N) is 2. The molecule has 7 nitrogen and oxygen atoms in total. The second kappa shape index (κ2) is 12.1. The Hall–Kier alpha value is -3.06. The molecule has 2 aromatic carbocycles. The van der Waals surface area contributed by atoms with E-state index in [0.717, 1.165) is 65.7 Å². The van der Waals surface area contributed by atoms with Crippen LogP contribution in [0.5, 0.6) is 11.5 Å². The lowest BCUT2D eigenvalue weighted by Gasteiger charge is -2.29. The molecule has 0 atom stereocenters. The Balaban J connectivity index is 1.29. The monoisotopic (exact) mass is 477 g/mol. The molecule has 1 heterocycles. The fourth-order valence-corrected chi connectivity index (χ4v) is 4.82. The van der Waals surface area contributed by atoms with Gasteiger partial charge in [-0.2, -0.15) is 4.98 Å². The fraction of sp³-hybridized carbons (Fsp3) is 0.500. The van der Waals surface area contributed by atoms with Crippen LogP contribution in [0.1, 0.15) is 45.1 Å². The molecule has 1 fully saturated rings. The lowest BCUT2D eigenvalue weighted by Crippen LogP contribution is -2.31. The summed E-state index contributed by atoms with van der Waals surface area (Å²) in [6.07, 6.45) is 4.64. The minimum atomic E-state index is 0.412. The van der Waals surface area contributed by atoms with E-state index in [1.807, 2.05) is 52.2 Å². The normalized spacial score (nSPS) is 17.8. The van der Waals surface area contributed by atoms with Crippen LogP contribution in [0.4, 0.5) is 11.8 Å². The average molecular weight is 478 g/mol. The smallest absolute Gasteiger partial charge is 0.225 e. The van der Waals surface area contributed by atoms with Gasteiger partial charge in [0.1, 0.15) is 17.3 Å². The third-order valence-corrected chi connectivity index (χ3v) is 6.58. The number of fused-ring (bicyclic) bond motifs is 1. The van der Waals surface area contributed by atoms with Gasteiger partial charge in [0.2, 0.25) is 5.95 Å². The molecule has 0 unspecified atom stereocenters. The van der Waals surface area contributed by atoms with Crippen LogP contribution in [0.25, 0.3) is 10.9 Å². The summed E-state index contributed by atoms with van der Waals surface area (Å²) >= 11 is 0. The third kappa shape index (κ3) is 6.54. The van der Waals surface area contributed by atoms with Crippen molar-refractivity contribution in [3.8, 4) is 11.5 Å². The number of hydrogen-bond donors (Lipinski definition) is 2. The maximum Gasteiger partial charge on any atom is 0.225 e. The minimum absolute atomic E-state index is 0.412. The van der Waals surface area contributed by atoms with Crippen molar-refractivity contribution in [3.05, 3.63) is 48.0 Å². The molecule has 0 bridgehead atoms. The Morgan fingerprint density at radius 1 is 0.943 bits per heavy atom. The van der Waals surface area contributed by atoms with E-state index in [9.17, 15) is 0 Å². The van der Waals surface area contributed by atoms with E-state index in [0.29, 0.717) is 25.2 Å². The first-order valence-electron chi connectivity index (χ1n) is 12.9. The summed E-state index contributed by atoms with van der Waals surface area (Å²) in [6.45, 7) is 7.14. The molecule has 1 saturated carbocycles. The van der Waals surface area contributed by atoms with Gasteiger partial charge in [-0.15, -0.1) is 0 Å². The number of rotatable bonds is 11. The zero-order chi connectivity index (χ0) is 24.6.